The molecule has 3 unspecified atom stereocenters. The number of aromatic nitrogens is 1. The Balaban J connectivity index is 0.00000204. The minimum atomic E-state index is -4.51. The highest BCUT2D eigenvalue weighted by Crippen LogP contribution is 2.20. The second-order valence-electron chi connectivity index (χ2n) is 10.2. The summed E-state index contributed by atoms with van der Waals surface area (Å²) >= 11 is 0. The zero-order valence-corrected chi connectivity index (χ0v) is 26.8. The molecule has 0 saturated carbocycles. The number of hydrogen-bond acceptors (Lipinski definition) is 7. The number of nitriles is 1. The van der Waals surface area contributed by atoms with Gasteiger partial charge in [-0.1, -0.05) is 46.3 Å². The maximum absolute atomic E-state index is 13.0. The number of halogens is 6. The summed E-state index contributed by atoms with van der Waals surface area (Å²) < 4.78 is 72.6. The predicted molar refractivity (Wildman–Crippen MR) is 169 cm³/mol. The molecule has 15 heteroatoms. The van der Waals surface area contributed by atoms with E-state index in [1.54, 1.807) is 18.2 Å². The van der Waals surface area contributed by atoms with Crippen molar-refractivity contribution in [3.63, 3.8) is 0 Å². The molecule has 9 nitrogen and oxygen atoms in total. The summed E-state index contributed by atoms with van der Waals surface area (Å²) in [6, 6.07) is 4.11. The Morgan fingerprint density at radius 2 is 1.89 bits per heavy atom. The molecule has 0 aliphatic rings. The van der Waals surface area contributed by atoms with Gasteiger partial charge in [0, 0.05) is 31.5 Å². The molecule has 47 heavy (non-hydrogen) atoms. The topological polar surface area (TPSA) is 140 Å². The van der Waals surface area contributed by atoms with Crippen LogP contribution in [0.25, 0.3) is 0 Å². The van der Waals surface area contributed by atoms with E-state index in [1.807, 2.05) is 32.2 Å². The molecular weight excluding hydrogens is 630 g/mol. The number of aliphatic hydroxyl groups is 1. The van der Waals surface area contributed by atoms with Crippen molar-refractivity contribution >= 4 is 23.8 Å². The van der Waals surface area contributed by atoms with Gasteiger partial charge in [-0.15, -0.1) is 0 Å². The van der Waals surface area contributed by atoms with Crippen molar-refractivity contribution in [1.29, 1.82) is 5.26 Å². The van der Waals surface area contributed by atoms with Gasteiger partial charge in [0.1, 0.15) is 18.1 Å². The third-order valence-corrected chi connectivity index (χ3v) is 6.35. The van der Waals surface area contributed by atoms with Gasteiger partial charge in [-0.05, 0) is 43.4 Å². The molecule has 4 atom stereocenters. The van der Waals surface area contributed by atoms with Crippen molar-refractivity contribution in [2.24, 2.45) is 16.8 Å². The van der Waals surface area contributed by atoms with Gasteiger partial charge in [0.25, 0.3) is 5.91 Å². The summed E-state index contributed by atoms with van der Waals surface area (Å²) in [5, 5.41) is 26.5. The first-order valence-electron chi connectivity index (χ1n) is 14.7. The lowest BCUT2D eigenvalue weighted by molar-refractivity contribution is -0.133. The summed E-state index contributed by atoms with van der Waals surface area (Å²) in [5.41, 5.74) is 0.548. The van der Waals surface area contributed by atoms with Crippen LogP contribution in [0.4, 0.5) is 32.2 Å². The van der Waals surface area contributed by atoms with E-state index in [4.69, 9.17) is 5.26 Å². The summed E-state index contributed by atoms with van der Waals surface area (Å²) in [5.74, 6) is -3.57. The zero-order chi connectivity index (χ0) is 36.0. The standard InChI is InChI=1S/C26H37F3N6O3.C6H5F3/c1-5-7-8-21(25(38)33-16-26(27,28)29)34-24(37)20(15-31-4)12-17(3)11-19(6-2)23(36)35-22-10-9-18(13-30)14-32-22;1-2-5(8)6(9)3-4-7/h9-10,12,14-15,17,19,21,25,33,38H,5-8,11,16H2,1-4H3,(H,34,37)(H,32,35,36);2-4H,1H2/b20-12+,31-15?;4-3+,6-5-/t17?,19-,21?,25?;/m1./s1. The van der Waals surface area contributed by atoms with Crippen LogP contribution >= 0.6 is 0 Å². The van der Waals surface area contributed by atoms with Crippen LogP contribution in [0.5, 0.6) is 0 Å². The Morgan fingerprint density at radius 3 is 2.38 bits per heavy atom. The highest BCUT2D eigenvalue weighted by atomic mass is 19.4. The van der Waals surface area contributed by atoms with Crippen LogP contribution < -0.4 is 16.0 Å². The van der Waals surface area contributed by atoms with Gasteiger partial charge < -0.3 is 15.7 Å². The van der Waals surface area contributed by atoms with Crippen LogP contribution in [0.15, 0.2) is 71.7 Å². The number of anilines is 1. The highest BCUT2D eigenvalue weighted by Gasteiger charge is 2.30. The molecule has 0 radical (unpaired) electrons. The summed E-state index contributed by atoms with van der Waals surface area (Å²) in [6.07, 6.45) is 1.72. The van der Waals surface area contributed by atoms with Gasteiger partial charge >= 0.3 is 6.18 Å². The van der Waals surface area contributed by atoms with E-state index in [-0.39, 0.29) is 30.1 Å². The normalized spacial score (nSPS) is 15.1. The van der Waals surface area contributed by atoms with Gasteiger partial charge in [-0.25, -0.2) is 18.2 Å². The van der Waals surface area contributed by atoms with Crippen LogP contribution in [0, 0.1) is 23.2 Å². The van der Waals surface area contributed by atoms with Crippen LogP contribution in [-0.2, 0) is 9.59 Å². The SMILES string of the molecule is C=C/C(F)=C(F)\C=C\F.CCCCC(NC(=O)/C(C=NC)=C/C(C)C[C@@H](CC)C(=O)Nc1ccc(C#N)cn1)C(O)NCC(F)(F)F. The van der Waals surface area contributed by atoms with Crippen molar-refractivity contribution < 1.29 is 41.0 Å². The number of rotatable bonds is 17. The largest absolute Gasteiger partial charge is 0.401 e. The number of aliphatic imine (C=N–C) groups is 1. The van der Waals surface area contributed by atoms with Crippen LogP contribution in [0.3, 0.4) is 0 Å². The molecule has 1 rings (SSSR count). The summed E-state index contributed by atoms with van der Waals surface area (Å²) in [6.45, 7) is 7.14. The van der Waals surface area contributed by atoms with Gasteiger partial charge in [-0.3, -0.25) is 19.9 Å². The molecule has 1 heterocycles. The van der Waals surface area contributed by atoms with Crippen LogP contribution in [0.2, 0.25) is 0 Å². The molecule has 0 saturated heterocycles. The van der Waals surface area contributed by atoms with Gasteiger partial charge in [0.2, 0.25) is 5.91 Å². The Kier molecular flexibility index (Phi) is 21.0. The molecule has 4 N–H and O–H groups in total. The minimum absolute atomic E-state index is 0.0849. The first-order chi connectivity index (χ1) is 22.2. The molecule has 1 aromatic rings. The van der Waals surface area contributed by atoms with Crippen molar-refractivity contribution in [3.05, 3.63) is 72.3 Å². The molecule has 0 spiro atoms. The molecule has 2 amide bonds. The first kappa shape index (κ1) is 42.7. The lowest BCUT2D eigenvalue weighted by Crippen LogP contribution is -2.52. The van der Waals surface area contributed by atoms with Gasteiger partial charge in [0.15, 0.2) is 11.7 Å². The molecule has 0 fully saturated rings. The lowest BCUT2D eigenvalue weighted by atomic mass is 9.91. The number of carbonyl (C=O) groups is 2. The van der Waals surface area contributed by atoms with E-state index in [0.29, 0.717) is 42.8 Å². The second-order valence-corrected chi connectivity index (χ2v) is 10.2. The number of alkyl halides is 3. The first-order valence-corrected chi connectivity index (χ1v) is 14.7. The number of aliphatic hydroxyl groups excluding tert-OH is 1. The Labute approximate surface area is 271 Å². The Morgan fingerprint density at radius 1 is 1.21 bits per heavy atom. The number of pyridine rings is 1. The number of hydrogen-bond donors (Lipinski definition) is 4. The summed E-state index contributed by atoms with van der Waals surface area (Å²) in [7, 11) is 1.48. The number of nitrogens with one attached hydrogen (secondary N) is 3. The Hall–Kier alpha value is -4.29. The van der Waals surface area contributed by atoms with Crippen molar-refractivity contribution in [2.75, 3.05) is 18.9 Å². The fourth-order valence-corrected chi connectivity index (χ4v) is 3.94. The number of nitrogens with zero attached hydrogens (tertiary/aromatic N) is 3. The third-order valence-electron chi connectivity index (χ3n) is 6.35. The van der Waals surface area contributed by atoms with E-state index in [1.165, 1.54) is 19.5 Å². The van der Waals surface area contributed by atoms with Gasteiger partial charge in [-0.2, -0.15) is 18.4 Å². The molecule has 0 aliphatic carbocycles. The van der Waals surface area contributed by atoms with Crippen LogP contribution in [-0.4, -0.2) is 60.2 Å². The number of allylic oxidation sites excluding steroid dienone is 5. The van der Waals surface area contributed by atoms with Crippen LogP contribution in [0.1, 0.15) is 58.4 Å². The average molecular weight is 673 g/mol. The predicted octanol–water partition coefficient (Wildman–Crippen LogP) is 6.52. The maximum atomic E-state index is 13.0. The average Bonchev–Trinajstić information content (AvgIpc) is 3.03. The lowest BCUT2D eigenvalue weighted by Gasteiger charge is -2.26. The van der Waals surface area contributed by atoms with Gasteiger partial charge in [0.05, 0.1) is 30.1 Å². The fourth-order valence-electron chi connectivity index (χ4n) is 3.94. The Bertz CT molecular complexity index is 1290. The van der Waals surface area contributed by atoms with E-state index >= 15 is 0 Å². The smallest absolute Gasteiger partial charge is 0.376 e. The monoisotopic (exact) mass is 672 g/mol. The summed E-state index contributed by atoms with van der Waals surface area (Å²) in [4.78, 5) is 33.7. The number of unbranched alkanes of at least 4 members (excludes halogenated alkanes) is 1. The molecular formula is C32H42F6N6O3. The minimum Gasteiger partial charge on any atom is -0.376 e. The van der Waals surface area contributed by atoms with E-state index in [9.17, 15) is 41.0 Å². The highest BCUT2D eigenvalue weighted by molar-refractivity contribution is 6.12. The molecule has 1 aromatic heterocycles. The zero-order valence-electron chi connectivity index (χ0n) is 26.8. The van der Waals surface area contributed by atoms with Crippen molar-refractivity contribution in [2.45, 2.75) is 71.3 Å². The molecule has 0 aromatic carbocycles. The third kappa shape index (κ3) is 18.4. The van der Waals surface area contributed by atoms with E-state index < -0.39 is 48.5 Å². The molecule has 0 bridgehead atoms. The maximum Gasteiger partial charge on any atom is 0.401 e. The van der Waals surface area contributed by atoms with Crippen molar-refractivity contribution in [3.8, 4) is 6.07 Å². The van der Waals surface area contributed by atoms with Crippen molar-refractivity contribution in [1.82, 2.24) is 15.6 Å². The fraction of sp³-hybridized carbons (Fsp3) is 0.469. The number of amides is 2. The quantitative estimate of drug-likeness (QED) is 0.0489. The van der Waals surface area contributed by atoms with E-state index in [2.05, 4.69) is 27.2 Å². The van der Waals surface area contributed by atoms with E-state index in [0.717, 1.165) is 6.42 Å². The molecule has 260 valence electrons. The second kappa shape index (κ2) is 23.1. The number of carbonyl (C=O) groups excluding carboxylic acids is 2. The molecule has 0 aliphatic heterocycles.